The lowest BCUT2D eigenvalue weighted by atomic mass is 9.83. The van der Waals surface area contributed by atoms with E-state index in [-0.39, 0.29) is 0 Å². The van der Waals surface area contributed by atoms with E-state index in [1.54, 1.807) is 11.1 Å². The fraction of sp³-hybridized carbons (Fsp3) is 0.625. The van der Waals surface area contributed by atoms with E-state index < -0.39 is 0 Å². The summed E-state index contributed by atoms with van der Waals surface area (Å²) in [4.78, 5) is 0. The van der Waals surface area contributed by atoms with Crippen molar-refractivity contribution in [1.82, 2.24) is 5.32 Å². The molecule has 0 bridgehead atoms. The van der Waals surface area contributed by atoms with Gasteiger partial charge in [-0.2, -0.15) is 0 Å². The quantitative estimate of drug-likeness (QED) is 0.810. The summed E-state index contributed by atoms with van der Waals surface area (Å²) < 4.78 is 0. The molecule has 2 N–H and O–H groups in total. The molecular formula is C16H25NO. The first kappa shape index (κ1) is 13.6. The van der Waals surface area contributed by atoms with E-state index in [0.717, 1.165) is 19.5 Å². The fourth-order valence-electron chi connectivity index (χ4n) is 2.89. The highest BCUT2D eigenvalue weighted by Crippen LogP contribution is 2.30. The van der Waals surface area contributed by atoms with E-state index in [4.69, 9.17) is 5.11 Å². The number of hydrogen-bond acceptors (Lipinski definition) is 2. The number of aryl methyl sites for hydroxylation is 1. The van der Waals surface area contributed by atoms with Crippen LogP contribution in [0.1, 0.15) is 43.2 Å². The van der Waals surface area contributed by atoms with Crippen LogP contribution >= 0.6 is 0 Å². The molecule has 1 aliphatic carbocycles. The molecule has 0 heterocycles. The number of benzene rings is 1. The van der Waals surface area contributed by atoms with Gasteiger partial charge in [0.1, 0.15) is 0 Å². The van der Waals surface area contributed by atoms with Gasteiger partial charge in [0.2, 0.25) is 0 Å². The Labute approximate surface area is 110 Å². The van der Waals surface area contributed by atoms with Gasteiger partial charge in [-0.3, -0.25) is 0 Å². The molecule has 0 radical (unpaired) electrons. The number of hydrogen-bond donors (Lipinski definition) is 2. The zero-order chi connectivity index (χ0) is 12.8. The third kappa shape index (κ3) is 3.56. The van der Waals surface area contributed by atoms with Crippen molar-refractivity contribution >= 4 is 0 Å². The normalized spacial score (nSPS) is 20.4. The van der Waals surface area contributed by atoms with Gasteiger partial charge in [0, 0.05) is 13.2 Å². The van der Waals surface area contributed by atoms with Crippen molar-refractivity contribution in [3.05, 3.63) is 35.4 Å². The highest BCUT2D eigenvalue weighted by atomic mass is 16.3. The monoisotopic (exact) mass is 247 g/mol. The third-order valence-corrected chi connectivity index (χ3v) is 4.00. The van der Waals surface area contributed by atoms with E-state index in [1.807, 2.05) is 0 Å². The summed E-state index contributed by atoms with van der Waals surface area (Å²) in [6, 6.07) is 8.87. The first-order valence-electron chi connectivity index (χ1n) is 7.20. The van der Waals surface area contributed by atoms with Crippen LogP contribution in [0.2, 0.25) is 0 Å². The molecule has 2 nitrogen and oxygen atoms in total. The van der Waals surface area contributed by atoms with Crippen LogP contribution in [0.25, 0.3) is 0 Å². The molecule has 0 fully saturated rings. The van der Waals surface area contributed by atoms with E-state index in [9.17, 15) is 0 Å². The first-order chi connectivity index (χ1) is 8.81. The molecule has 0 aliphatic heterocycles. The predicted octanol–water partition coefficient (Wildman–Crippen LogP) is 2.71. The summed E-state index contributed by atoms with van der Waals surface area (Å²) in [5.74, 6) is 1.24. The number of fused-ring (bicyclic) bond motifs is 1. The van der Waals surface area contributed by atoms with Crippen LogP contribution in [0.3, 0.4) is 0 Å². The van der Waals surface area contributed by atoms with Crippen LogP contribution in [0.4, 0.5) is 0 Å². The van der Waals surface area contributed by atoms with Crippen molar-refractivity contribution in [3.63, 3.8) is 0 Å². The molecule has 2 atom stereocenters. The predicted molar refractivity (Wildman–Crippen MR) is 75.9 cm³/mol. The van der Waals surface area contributed by atoms with Gasteiger partial charge in [-0.15, -0.1) is 0 Å². The fourth-order valence-corrected chi connectivity index (χ4v) is 2.89. The van der Waals surface area contributed by atoms with Gasteiger partial charge in [-0.05, 0) is 55.2 Å². The summed E-state index contributed by atoms with van der Waals surface area (Å²) in [5, 5.41) is 12.5. The Kier molecular flexibility index (Phi) is 5.21. The Morgan fingerprint density at radius 1 is 1.39 bits per heavy atom. The van der Waals surface area contributed by atoms with Gasteiger partial charge in [-0.25, -0.2) is 0 Å². The van der Waals surface area contributed by atoms with Gasteiger partial charge in [0.15, 0.2) is 0 Å². The van der Waals surface area contributed by atoms with E-state index in [0.29, 0.717) is 18.4 Å². The van der Waals surface area contributed by atoms with Crippen LogP contribution in [-0.2, 0) is 6.42 Å². The van der Waals surface area contributed by atoms with Crippen molar-refractivity contribution in [1.29, 1.82) is 0 Å². The smallest absolute Gasteiger partial charge is 0.0434 e. The average molecular weight is 247 g/mol. The van der Waals surface area contributed by atoms with Gasteiger partial charge in [-0.1, -0.05) is 31.2 Å². The maximum atomic E-state index is 8.89. The minimum atomic E-state index is 0.301. The number of aliphatic hydroxyl groups excluding tert-OH is 1. The minimum absolute atomic E-state index is 0.301. The van der Waals surface area contributed by atoms with Crippen LogP contribution in [-0.4, -0.2) is 24.8 Å². The molecule has 0 saturated carbocycles. The number of aliphatic hydroxyl groups is 1. The van der Waals surface area contributed by atoms with E-state index in [1.165, 1.54) is 19.3 Å². The highest BCUT2D eigenvalue weighted by molar-refractivity contribution is 5.32. The second kappa shape index (κ2) is 6.91. The highest BCUT2D eigenvalue weighted by Gasteiger charge is 2.19. The molecular weight excluding hydrogens is 222 g/mol. The molecule has 2 unspecified atom stereocenters. The molecule has 1 aromatic carbocycles. The van der Waals surface area contributed by atoms with Crippen LogP contribution < -0.4 is 5.32 Å². The minimum Gasteiger partial charge on any atom is -0.396 e. The maximum Gasteiger partial charge on any atom is 0.0434 e. The summed E-state index contributed by atoms with van der Waals surface area (Å²) in [6.45, 7) is 4.58. The Balaban J connectivity index is 1.84. The van der Waals surface area contributed by atoms with Crippen molar-refractivity contribution < 1.29 is 5.11 Å². The van der Waals surface area contributed by atoms with Gasteiger partial charge >= 0.3 is 0 Å². The van der Waals surface area contributed by atoms with Crippen molar-refractivity contribution in [2.75, 3.05) is 19.7 Å². The Morgan fingerprint density at radius 3 is 3.06 bits per heavy atom. The van der Waals surface area contributed by atoms with Gasteiger partial charge in [0.05, 0.1) is 0 Å². The molecule has 18 heavy (non-hydrogen) atoms. The lowest BCUT2D eigenvalue weighted by Gasteiger charge is -2.26. The SMILES string of the molecule is CC(CCO)CNCC1CCCc2ccccc21. The van der Waals surface area contributed by atoms with E-state index in [2.05, 4.69) is 36.5 Å². The molecule has 2 heteroatoms. The summed E-state index contributed by atoms with van der Waals surface area (Å²) in [7, 11) is 0. The molecule has 0 spiro atoms. The molecule has 0 amide bonds. The summed E-state index contributed by atoms with van der Waals surface area (Å²) in [5.41, 5.74) is 3.09. The lowest BCUT2D eigenvalue weighted by Crippen LogP contribution is -2.28. The van der Waals surface area contributed by atoms with Crippen LogP contribution in [0, 0.1) is 5.92 Å². The van der Waals surface area contributed by atoms with Gasteiger partial charge in [0.25, 0.3) is 0 Å². The Morgan fingerprint density at radius 2 is 2.22 bits per heavy atom. The van der Waals surface area contributed by atoms with Crippen molar-refractivity contribution in [2.24, 2.45) is 5.92 Å². The first-order valence-corrected chi connectivity index (χ1v) is 7.20. The summed E-state index contributed by atoms with van der Waals surface area (Å²) >= 11 is 0. The van der Waals surface area contributed by atoms with E-state index >= 15 is 0 Å². The van der Waals surface area contributed by atoms with Gasteiger partial charge < -0.3 is 10.4 Å². The largest absolute Gasteiger partial charge is 0.396 e. The molecule has 100 valence electrons. The topological polar surface area (TPSA) is 32.3 Å². The van der Waals surface area contributed by atoms with Crippen LogP contribution in [0.15, 0.2) is 24.3 Å². The average Bonchev–Trinajstić information content (AvgIpc) is 2.39. The third-order valence-electron chi connectivity index (χ3n) is 4.00. The zero-order valence-electron chi connectivity index (χ0n) is 11.4. The molecule has 0 aromatic heterocycles. The molecule has 0 saturated heterocycles. The summed E-state index contributed by atoms with van der Waals surface area (Å²) in [6.07, 6.45) is 4.76. The lowest BCUT2D eigenvalue weighted by molar-refractivity contribution is 0.259. The Hall–Kier alpha value is -0.860. The van der Waals surface area contributed by atoms with Crippen LogP contribution in [0.5, 0.6) is 0 Å². The molecule has 1 aromatic rings. The molecule has 1 aliphatic rings. The number of rotatable bonds is 6. The molecule has 2 rings (SSSR count). The Bertz CT molecular complexity index is 364. The zero-order valence-corrected chi connectivity index (χ0v) is 11.4. The maximum absolute atomic E-state index is 8.89. The number of nitrogens with one attached hydrogen (secondary N) is 1. The van der Waals surface area contributed by atoms with Crippen molar-refractivity contribution in [2.45, 2.75) is 38.5 Å². The second-order valence-corrected chi connectivity index (χ2v) is 5.56. The van der Waals surface area contributed by atoms with Crippen molar-refractivity contribution in [3.8, 4) is 0 Å². The second-order valence-electron chi connectivity index (χ2n) is 5.56. The standard InChI is InChI=1S/C16H25NO/c1-13(9-10-18)11-17-12-15-7-4-6-14-5-2-3-8-16(14)15/h2-3,5,8,13,15,17-18H,4,6-7,9-12H2,1H3.